The van der Waals surface area contributed by atoms with Crippen LogP contribution >= 0.6 is 11.8 Å². The van der Waals surface area contributed by atoms with Gasteiger partial charge in [0.05, 0.1) is 16.4 Å². The molecule has 5 rings (SSSR count). The Kier molecular flexibility index (Phi) is 8.93. The number of thioether (sulfide) groups is 1. The molecule has 228 valence electrons. The smallest absolute Gasteiger partial charge is 0.315 e. The van der Waals surface area contributed by atoms with Crippen LogP contribution in [0.1, 0.15) is 48.9 Å². The maximum absolute atomic E-state index is 14.5. The number of benzene rings is 3. The van der Waals surface area contributed by atoms with E-state index in [1.54, 1.807) is 42.5 Å². The number of sulfonamides is 1. The topological polar surface area (TPSA) is 122 Å². The van der Waals surface area contributed by atoms with Gasteiger partial charge < -0.3 is 10.2 Å². The summed E-state index contributed by atoms with van der Waals surface area (Å²) in [5.74, 6) is -0.891. The second-order valence-electron chi connectivity index (χ2n) is 11.0. The van der Waals surface area contributed by atoms with Gasteiger partial charge in [-0.2, -0.15) is 8.78 Å². The van der Waals surface area contributed by atoms with Crippen LogP contribution in [0.2, 0.25) is 0 Å². The van der Waals surface area contributed by atoms with Gasteiger partial charge in [-0.25, -0.2) is 13.1 Å². The van der Waals surface area contributed by atoms with E-state index >= 15 is 0 Å². The molecule has 0 aromatic heterocycles. The van der Waals surface area contributed by atoms with Crippen molar-refractivity contribution in [2.75, 3.05) is 29.9 Å². The number of nitrogens with one attached hydrogen (secondary N) is 2. The van der Waals surface area contributed by atoms with Gasteiger partial charge in [0.15, 0.2) is 0 Å². The molecule has 1 amide bonds. The van der Waals surface area contributed by atoms with Gasteiger partial charge >= 0.3 is 5.25 Å². The number of amides is 1. The molecule has 0 atom stereocenters. The zero-order chi connectivity index (χ0) is 30.7. The van der Waals surface area contributed by atoms with Crippen LogP contribution in [0.5, 0.6) is 0 Å². The molecule has 43 heavy (non-hydrogen) atoms. The Labute approximate surface area is 253 Å². The van der Waals surface area contributed by atoms with Crippen LogP contribution in [-0.2, 0) is 10.0 Å². The number of rotatable bonds is 10. The van der Waals surface area contributed by atoms with E-state index in [-0.39, 0.29) is 11.3 Å². The monoisotopic (exact) mass is 630 g/mol. The molecule has 3 aromatic carbocycles. The number of nitro benzene ring substituents is 1. The van der Waals surface area contributed by atoms with Crippen molar-refractivity contribution in [2.24, 2.45) is 5.41 Å². The van der Waals surface area contributed by atoms with E-state index in [1.165, 1.54) is 37.8 Å². The zero-order valence-corrected chi connectivity index (χ0v) is 24.9. The summed E-state index contributed by atoms with van der Waals surface area (Å²) in [5, 5.41) is 10.7. The molecule has 2 aliphatic rings. The van der Waals surface area contributed by atoms with Gasteiger partial charge in [-0.1, -0.05) is 42.8 Å². The summed E-state index contributed by atoms with van der Waals surface area (Å²) >= 11 is 0.292. The Bertz CT molecular complexity index is 1570. The molecule has 9 nitrogen and oxygen atoms in total. The van der Waals surface area contributed by atoms with Gasteiger partial charge in [-0.05, 0) is 79.6 Å². The highest BCUT2D eigenvalue weighted by atomic mass is 32.2. The van der Waals surface area contributed by atoms with Crippen molar-refractivity contribution in [3.05, 3.63) is 88.5 Å². The normalized spacial score (nSPS) is 16.7. The first kappa shape index (κ1) is 30.7. The third kappa shape index (κ3) is 7.45. The summed E-state index contributed by atoms with van der Waals surface area (Å²) in [6.45, 7) is 0.935. The van der Waals surface area contributed by atoms with Crippen LogP contribution in [0.25, 0.3) is 0 Å². The quantitative estimate of drug-likeness (QED) is 0.145. The van der Waals surface area contributed by atoms with Crippen LogP contribution < -0.4 is 14.9 Å². The van der Waals surface area contributed by atoms with Crippen LogP contribution in [0.4, 0.5) is 25.8 Å². The van der Waals surface area contributed by atoms with E-state index in [0.717, 1.165) is 49.8 Å². The van der Waals surface area contributed by atoms with Crippen molar-refractivity contribution in [1.29, 1.82) is 0 Å². The highest BCUT2D eigenvalue weighted by Gasteiger charge is 2.37. The number of carbonyl (C=O) groups is 1. The maximum Gasteiger partial charge on any atom is 0.315 e. The summed E-state index contributed by atoms with van der Waals surface area (Å²) in [4.78, 5) is 25.7. The van der Waals surface area contributed by atoms with Crippen LogP contribution in [-0.4, -0.2) is 44.1 Å². The van der Waals surface area contributed by atoms with Gasteiger partial charge in [0.2, 0.25) is 0 Å². The fourth-order valence-electron chi connectivity index (χ4n) is 5.80. The first-order chi connectivity index (χ1) is 20.5. The van der Waals surface area contributed by atoms with Crippen LogP contribution in [0, 0.1) is 15.5 Å². The Morgan fingerprint density at radius 3 is 2.26 bits per heavy atom. The molecule has 13 heteroatoms. The Morgan fingerprint density at radius 2 is 1.63 bits per heavy atom. The number of nitro groups is 1. The minimum Gasteiger partial charge on any atom is -0.373 e. The van der Waals surface area contributed by atoms with Crippen LogP contribution in [0.3, 0.4) is 0 Å². The minimum absolute atomic E-state index is 0.113. The fraction of sp³-hybridized carbons (Fsp3) is 0.367. The first-order valence-electron chi connectivity index (χ1n) is 14.0. The molecule has 1 saturated carbocycles. The summed E-state index contributed by atoms with van der Waals surface area (Å²) in [5.41, 5.74) is 0.540. The van der Waals surface area contributed by atoms with Crippen molar-refractivity contribution in [1.82, 2.24) is 4.72 Å². The van der Waals surface area contributed by atoms with E-state index in [2.05, 4.69) is 10.2 Å². The van der Waals surface area contributed by atoms with Crippen molar-refractivity contribution >= 4 is 44.8 Å². The predicted molar refractivity (Wildman–Crippen MR) is 162 cm³/mol. The lowest BCUT2D eigenvalue weighted by atomic mass is 9.77. The highest BCUT2D eigenvalue weighted by Crippen LogP contribution is 2.46. The van der Waals surface area contributed by atoms with Crippen LogP contribution in [0.15, 0.2) is 82.6 Å². The van der Waals surface area contributed by atoms with Crippen molar-refractivity contribution in [2.45, 2.75) is 53.6 Å². The average Bonchev–Trinajstić information content (AvgIpc) is 3.44. The lowest BCUT2D eigenvalue weighted by Crippen LogP contribution is -2.38. The number of hydrogen-bond acceptors (Lipinski definition) is 8. The molecular weight excluding hydrogens is 598 g/mol. The number of alkyl halides is 2. The van der Waals surface area contributed by atoms with Gasteiger partial charge in [-0.15, -0.1) is 0 Å². The number of halogens is 2. The second-order valence-corrected chi connectivity index (χ2v) is 14.0. The minimum atomic E-state index is -4.50. The molecule has 1 spiro atoms. The fourth-order valence-corrected chi connectivity index (χ4v) is 7.58. The predicted octanol–water partition coefficient (Wildman–Crippen LogP) is 6.67. The van der Waals surface area contributed by atoms with E-state index in [9.17, 15) is 32.1 Å². The molecule has 1 aliphatic carbocycles. The third-order valence-corrected chi connectivity index (χ3v) is 10.5. The van der Waals surface area contributed by atoms with Crippen molar-refractivity contribution in [3.8, 4) is 0 Å². The highest BCUT2D eigenvalue weighted by molar-refractivity contribution is 8.00. The number of anilines is 2. The molecule has 0 unspecified atom stereocenters. The molecule has 2 N–H and O–H groups in total. The first-order valence-corrected chi connectivity index (χ1v) is 16.3. The SMILES string of the molecule is O=C(NS(=O)(=O)c1ccc(NCC(F)(F)Sc2ccccc2)c([N+](=O)[O-])c1)c1ccc(N2CCC3(CCCC3)CC2)cc1. The summed E-state index contributed by atoms with van der Waals surface area (Å²) < 4.78 is 56.8. The molecule has 0 bridgehead atoms. The van der Waals surface area contributed by atoms with Gasteiger partial charge in [0.1, 0.15) is 5.69 Å². The molecule has 0 radical (unpaired) electrons. The Hall–Kier alpha value is -3.71. The average molecular weight is 631 g/mol. The van der Waals surface area contributed by atoms with E-state index < -0.39 is 43.2 Å². The Morgan fingerprint density at radius 1 is 0.977 bits per heavy atom. The maximum atomic E-state index is 14.5. The number of carbonyl (C=O) groups excluding carboxylic acids is 1. The molecule has 1 saturated heterocycles. The van der Waals surface area contributed by atoms with E-state index in [4.69, 9.17) is 0 Å². The second kappa shape index (κ2) is 12.5. The largest absolute Gasteiger partial charge is 0.373 e. The molecular formula is C30H32F2N4O5S2. The lowest BCUT2D eigenvalue weighted by Gasteiger charge is -2.40. The van der Waals surface area contributed by atoms with Gasteiger partial charge in [-0.3, -0.25) is 14.9 Å². The molecule has 1 aliphatic heterocycles. The molecule has 3 aromatic rings. The van der Waals surface area contributed by atoms with Gasteiger partial charge in [0, 0.05) is 35.3 Å². The molecule has 1 heterocycles. The van der Waals surface area contributed by atoms with E-state index in [0.29, 0.717) is 22.1 Å². The van der Waals surface area contributed by atoms with Crippen molar-refractivity contribution < 1.29 is 26.9 Å². The standard InChI is InChI=1S/C30H32F2N4O5S2/c31-30(32,42-24-6-2-1-3-7-24)21-33-26-13-12-25(20-27(26)36(38)39)43(40,41)34-28(37)22-8-10-23(11-9-22)35-18-16-29(17-19-35)14-4-5-15-29/h1-3,6-13,20,33H,4-5,14-19,21H2,(H,34,37). The van der Waals surface area contributed by atoms with E-state index in [1.807, 2.05) is 4.72 Å². The zero-order valence-electron chi connectivity index (χ0n) is 23.3. The lowest BCUT2D eigenvalue weighted by molar-refractivity contribution is -0.384. The number of nitrogens with zero attached hydrogens (tertiary/aromatic N) is 2. The Balaban J connectivity index is 1.22. The number of hydrogen-bond donors (Lipinski definition) is 2. The van der Waals surface area contributed by atoms with Crippen molar-refractivity contribution in [3.63, 3.8) is 0 Å². The summed E-state index contributed by atoms with van der Waals surface area (Å²) in [7, 11) is -4.50. The molecule has 2 fully saturated rings. The summed E-state index contributed by atoms with van der Waals surface area (Å²) in [6.07, 6.45) is 7.47. The summed E-state index contributed by atoms with van der Waals surface area (Å²) in [6, 6.07) is 17.4. The third-order valence-electron chi connectivity index (χ3n) is 8.18. The number of piperidine rings is 1. The van der Waals surface area contributed by atoms with Gasteiger partial charge in [0.25, 0.3) is 21.6 Å².